The van der Waals surface area contributed by atoms with Gasteiger partial charge in [0.2, 0.25) is 0 Å². The predicted octanol–water partition coefficient (Wildman–Crippen LogP) is 0.213. The highest BCUT2D eigenvalue weighted by atomic mass is 16.8. The monoisotopic (exact) mass is 884 g/mol. The fourth-order valence-corrected chi connectivity index (χ4v) is 14.0. The lowest BCUT2D eigenvalue weighted by atomic mass is 9.46. The maximum absolute atomic E-state index is 12.3. The van der Waals surface area contributed by atoms with Crippen LogP contribution in [0.2, 0.25) is 0 Å². The Morgan fingerprint density at radius 3 is 1.95 bits per heavy atom. The number of hydrogen-bond donors (Lipinski definition) is 9. The van der Waals surface area contributed by atoms with E-state index in [0.717, 1.165) is 50.7 Å². The summed E-state index contributed by atoms with van der Waals surface area (Å²) in [6.07, 6.45) is -14.5. The van der Waals surface area contributed by atoms with E-state index < -0.39 is 122 Å². The van der Waals surface area contributed by atoms with Crippen molar-refractivity contribution in [3.63, 3.8) is 0 Å². The van der Waals surface area contributed by atoms with Gasteiger partial charge in [-0.25, -0.2) is 0 Å². The molecule has 0 radical (unpaired) electrons. The number of aliphatic hydroxyl groups is 9. The van der Waals surface area contributed by atoms with Crippen molar-refractivity contribution in [1.82, 2.24) is 0 Å². The molecule has 1 spiro atoms. The summed E-state index contributed by atoms with van der Waals surface area (Å²) >= 11 is 0. The molecule has 0 aromatic heterocycles. The van der Waals surface area contributed by atoms with Gasteiger partial charge in [0, 0.05) is 24.2 Å². The van der Waals surface area contributed by atoms with E-state index in [1.165, 1.54) is 13.8 Å². The Hall–Kier alpha value is -0.940. The van der Waals surface area contributed by atoms with E-state index in [-0.39, 0.29) is 23.9 Å². The summed E-state index contributed by atoms with van der Waals surface area (Å²) in [7, 11) is 0. The first kappa shape index (κ1) is 46.2. The van der Waals surface area contributed by atoms with Crippen molar-refractivity contribution in [2.24, 2.45) is 46.3 Å². The molecule has 5 heterocycles. The third-order valence-electron chi connectivity index (χ3n) is 17.8. The molecule has 0 aromatic carbocycles. The fraction of sp³-hybridized carbons (Fsp3) is 0.956. The summed E-state index contributed by atoms with van der Waals surface area (Å²) < 4.78 is 49.9. The van der Waals surface area contributed by atoms with Gasteiger partial charge in [-0.15, -0.1) is 0 Å². The van der Waals surface area contributed by atoms with Crippen molar-refractivity contribution in [3.8, 4) is 0 Å². The van der Waals surface area contributed by atoms with E-state index in [2.05, 4.69) is 33.8 Å². The van der Waals surface area contributed by atoms with Crippen LogP contribution in [0.15, 0.2) is 11.6 Å². The summed E-state index contributed by atoms with van der Waals surface area (Å²) in [5, 5.41) is 98.2. The van der Waals surface area contributed by atoms with Gasteiger partial charge in [0.15, 0.2) is 24.7 Å². The van der Waals surface area contributed by atoms with Gasteiger partial charge in [0.25, 0.3) is 0 Å². The standard InChI is InChI=1S/C45H72O17/c1-18-9-12-45(55-17-18)19(2)30-27(62-45)15-26-24-8-7-22-13-23(14-29(47)44(22,6)25(24)10-11-43(26,30)5)58-42-39(61-41-36(53)34(51)32(49)21(4)57-41)37(54)38(28(16-46)59-42)60-40-35(52)33(50)31(48)20(3)56-40/h7,18-21,23-42,46-54H,8-17H2,1-6H3/t18-,19+,20+,21+,23-,24?,25?,26?,27?,28-,29+,30?,31+,32+,33-,34-,35-,36-,37+,38-,39-,40-,41-,42-,43+,44+,45?/m1/s1. The van der Waals surface area contributed by atoms with Crippen LogP contribution in [0.1, 0.15) is 92.9 Å². The molecule has 0 bridgehead atoms. The topological polar surface area (TPSA) is 256 Å². The van der Waals surface area contributed by atoms with E-state index in [9.17, 15) is 46.0 Å². The largest absolute Gasteiger partial charge is 0.394 e. The summed E-state index contributed by atoms with van der Waals surface area (Å²) in [5.74, 6) is 1.87. The molecule has 9 N–H and O–H groups in total. The molecule has 6 unspecified atom stereocenters. The first-order chi connectivity index (χ1) is 29.3. The molecule has 0 amide bonds. The Bertz CT molecular complexity index is 1630. The average Bonchev–Trinajstić information content (AvgIpc) is 3.69. The van der Waals surface area contributed by atoms with E-state index >= 15 is 0 Å². The average molecular weight is 885 g/mol. The summed E-state index contributed by atoms with van der Waals surface area (Å²) in [6, 6.07) is 0. The molecule has 62 heavy (non-hydrogen) atoms. The highest BCUT2D eigenvalue weighted by molar-refractivity contribution is 5.28. The van der Waals surface area contributed by atoms with Crippen molar-refractivity contribution >= 4 is 0 Å². The molecule has 4 aliphatic carbocycles. The van der Waals surface area contributed by atoms with Crippen LogP contribution in [0.4, 0.5) is 0 Å². The van der Waals surface area contributed by atoms with Crippen LogP contribution >= 0.6 is 0 Å². The predicted molar refractivity (Wildman–Crippen MR) is 214 cm³/mol. The molecule has 9 aliphatic rings. The van der Waals surface area contributed by atoms with Crippen LogP contribution in [-0.2, 0) is 37.9 Å². The minimum absolute atomic E-state index is 0.106. The maximum Gasteiger partial charge on any atom is 0.187 e. The smallest absolute Gasteiger partial charge is 0.187 e. The lowest BCUT2D eigenvalue weighted by Crippen LogP contribution is -2.66. The number of ether oxygens (including phenoxy) is 8. The maximum atomic E-state index is 12.3. The number of fused-ring (bicyclic) bond motifs is 7. The Labute approximate surface area is 363 Å². The second-order valence-corrected chi connectivity index (χ2v) is 21.1. The van der Waals surface area contributed by atoms with Crippen LogP contribution < -0.4 is 0 Å². The summed E-state index contributed by atoms with van der Waals surface area (Å²) in [6.45, 7) is 12.3. The van der Waals surface area contributed by atoms with Crippen LogP contribution in [-0.4, -0.2) is 175 Å². The van der Waals surface area contributed by atoms with Crippen molar-refractivity contribution in [2.75, 3.05) is 13.2 Å². The quantitative estimate of drug-likeness (QED) is 0.155. The molecule has 5 saturated heterocycles. The van der Waals surface area contributed by atoms with Crippen LogP contribution in [0.5, 0.6) is 0 Å². The van der Waals surface area contributed by atoms with Crippen molar-refractivity contribution in [3.05, 3.63) is 11.6 Å². The Balaban J connectivity index is 0.932. The van der Waals surface area contributed by atoms with Gasteiger partial charge in [-0.2, -0.15) is 0 Å². The Morgan fingerprint density at radius 2 is 1.34 bits per heavy atom. The fourth-order valence-electron chi connectivity index (χ4n) is 14.0. The van der Waals surface area contributed by atoms with Gasteiger partial charge < -0.3 is 83.9 Å². The van der Waals surface area contributed by atoms with Crippen LogP contribution in [0.3, 0.4) is 0 Å². The lowest BCUT2D eigenvalue weighted by molar-refractivity contribution is -0.389. The molecule has 27 atom stereocenters. The van der Waals surface area contributed by atoms with E-state index in [0.29, 0.717) is 36.0 Å². The van der Waals surface area contributed by atoms with Gasteiger partial charge >= 0.3 is 0 Å². The molecule has 5 aliphatic heterocycles. The van der Waals surface area contributed by atoms with Crippen molar-refractivity contribution < 1.29 is 83.9 Å². The van der Waals surface area contributed by atoms with Crippen LogP contribution in [0, 0.1) is 46.3 Å². The molecule has 0 aromatic rings. The Morgan fingerprint density at radius 1 is 0.694 bits per heavy atom. The zero-order chi connectivity index (χ0) is 44.4. The first-order valence-electron chi connectivity index (χ1n) is 23.3. The van der Waals surface area contributed by atoms with Gasteiger partial charge in [0.05, 0.1) is 43.7 Å². The molecular formula is C45H72O17. The zero-order valence-corrected chi connectivity index (χ0v) is 36.8. The summed E-state index contributed by atoms with van der Waals surface area (Å²) in [4.78, 5) is 0. The third kappa shape index (κ3) is 7.31. The van der Waals surface area contributed by atoms with Crippen molar-refractivity contribution in [1.29, 1.82) is 0 Å². The normalized spacial score (nSPS) is 58.9. The SMILES string of the molecule is C[C@@H]1CCC2(OC1)OC1CC3C4CC=C5C[C@@H](O[C@@H]6O[C@H](CO)[C@@H](O[C@H]7O[C@@H](C)[C@H](O)[C@@H](O)[C@H]7O)[C@H](O)[C@H]6O[C@H]6O[C@@H](C)[C@H](O)[C@@H](O)[C@H]6O)C[C@H](O)[C@]5(C)C4CC[C@]3(C)C1[C@@H]2C. The van der Waals surface area contributed by atoms with E-state index in [1.54, 1.807) is 0 Å². The van der Waals surface area contributed by atoms with Crippen molar-refractivity contribution in [2.45, 2.75) is 209 Å². The van der Waals surface area contributed by atoms with Gasteiger partial charge in [-0.1, -0.05) is 39.3 Å². The highest BCUT2D eigenvalue weighted by Gasteiger charge is 2.69. The van der Waals surface area contributed by atoms with Gasteiger partial charge in [0.1, 0.15) is 61.0 Å². The molecule has 354 valence electrons. The van der Waals surface area contributed by atoms with Gasteiger partial charge in [-0.05, 0) is 87.4 Å². The number of aliphatic hydroxyl groups excluding tert-OH is 9. The molecular weight excluding hydrogens is 812 g/mol. The first-order valence-corrected chi connectivity index (χ1v) is 23.3. The van der Waals surface area contributed by atoms with Crippen LogP contribution in [0.25, 0.3) is 0 Å². The molecule has 17 heteroatoms. The molecule has 9 rings (SSSR count). The summed E-state index contributed by atoms with van der Waals surface area (Å²) in [5.41, 5.74) is 0.702. The lowest BCUT2D eigenvalue weighted by Gasteiger charge is -2.60. The highest BCUT2D eigenvalue weighted by Crippen LogP contribution is 2.70. The Kier molecular flexibility index (Phi) is 12.7. The number of hydrogen-bond acceptors (Lipinski definition) is 17. The minimum atomic E-state index is -1.75. The molecule has 3 saturated carbocycles. The number of allylic oxidation sites excluding steroid dienone is 1. The second kappa shape index (κ2) is 17.0. The molecule has 8 fully saturated rings. The second-order valence-electron chi connectivity index (χ2n) is 21.1. The molecule has 17 nitrogen and oxygen atoms in total. The minimum Gasteiger partial charge on any atom is -0.394 e. The van der Waals surface area contributed by atoms with E-state index in [1.807, 2.05) is 0 Å². The van der Waals surface area contributed by atoms with E-state index in [4.69, 9.17) is 37.9 Å². The van der Waals surface area contributed by atoms with Gasteiger partial charge in [-0.3, -0.25) is 0 Å². The zero-order valence-electron chi connectivity index (χ0n) is 36.8. The third-order valence-corrected chi connectivity index (χ3v) is 17.8. The number of rotatable bonds is 7.